The molecular weight excluding hydrogens is 276 g/mol. The maximum atomic E-state index is 11.9. The highest BCUT2D eigenvalue weighted by molar-refractivity contribution is 6.02. The van der Waals surface area contributed by atoms with Crippen LogP contribution in [0.3, 0.4) is 0 Å². The van der Waals surface area contributed by atoms with Crippen LogP contribution in [0.2, 0.25) is 0 Å². The van der Waals surface area contributed by atoms with Crippen LogP contribution in [0.25, 0.3) is 0 Å². The lowest BCUT2D eigenvalue weighted by Crippen LogP contribution is -2.17. The van der Waals surface area contributed by atoms with Crippen molar-refractivity contribution in [2.75, 3.05) is 11.9 Å². The summed E-state index contributed by atoms with van der Waals surface area (Å²) in [6.45, 7) is -0.434. The van der Waals surface area contributed by atoms with Crippen molar-refractivity contribution in [3.63, 3.8) is 0 Å². The van der Waals surface area contributed by atoms with E-state index in [1.165, 1.54) is 30.3 Å². The van der Waals surface area contributed by atoms with Crippen molar-refractivity contribution < 1.29 is 19.4 Å². The SMILES string of the molecule is O=C(O)COc1ccc(NC(=O)c2cccc(=O)[nH]2)cc1. The van der Waals surface area contributed by atoms with E-state index < -0.39 is 18.5 Å². The summed E-state index contributed by atoms with van der Waals surface area (Å²) < 4.78 is 4.97. The maximum Gasteiger partial charge on any atom is 0.341 e. The number of carboxylic acid groups (broad SMARTS) is 1. The third-order valence-electron chi connectivity index (χ3n) is 2.49. The first kappa shape index (κ1) is 14.3. The highest BCUT2D eigenvalue weighted by Gasteiger charge is 2.07. The molecule has 1 aromatic carbocycles. The van der Waals surface area contributed by atoms with Gasteiger partial charge in [-0.3, -0.25) is 9.59 Å². The van der Waals surface area contributed by atoms with Crippen LogP contribution in [0.5, 0.6) is 5.75 Å². The second-order valence-electron chi connectivity index (χ2n) is 4.09. The highest BCUT2D eigenvalue weighted by atomic mass is 16.5. The van der Waals surface area contributed by atoms with Gasteiger partial charge in [-0.25, -0.2) is 4.79 Å². The fourth-order valence-electron chi connectivity index (χ4n) is 1.56. The average Bonchev–Trinajstić information content (AvgIpc) is 2.46. The van der Waals surface area contributed by atoms with Gasteiger partial charge in [0.1, 0.15) is 11.4 Å². The molecule has 3 N–H and O–H groups in total. The number of benzene rings is 1. The van der Waals surface area contributed by atoms with Gasteiger partial charge < -0.3 is 20.1 Å². The monoisotopic (exact) mass is 288 g/mol. The topological polar surface area (TPSA) is 108 Å². The van der Waals surface area contributed by atoms with Crippen LogP contribution in [-0.4, -0.2) is 28.6 Å². The van der Waals surface area contributed by atoms with E-state index in [0.29, 0.717) is 11.4 Å². The van der Waals surface area contributed by atoms with Crippen molar-refractivity contribution in [1.29, 1.82) is 0 Å². The summed E-state index contributed by atoms with van der Waals surface area (Å²) in [7, 11) is 0. The Balaban J connectivity index is 2.01. The van der Waals surface area contributed by atoms with Gasteiger partial charge in [-0.05, 0) is 30.3 Å². The Morgan fingerprint density at radius 1 is 1.14 bits per heavy atom. The van der Waals surface area contributed by atoms with Crippen LogP contribution in [0.15, 0.2) is 47.3 Å². The van der Waals surface area contributed by atoms with Gasteiger partial charge in [0, 0.05) is 11.8 Å². The third kappa shape index (κ3) is 4.20. The Kier molecular flexibility index (Phi) is 4.35. The van der Waals surface area contributed by atoms with E-state index in [1.54, 1.807) is 12.1 Å². The van der Waals surface area contributed by atoms with Gasteiger partial charge in [-0.2, -0.15) is 0 Å². The zero-order valence-electron chi connectivity index (χ0n) is 10.8. The molecule has 108 valence electrons. The molecule has 1 heterocycles. The van der Waals surface area contributed by atoms with Gasteiger partial charge >= 0.3 is 5.97 Å². The predicted octanol–water partition coefficient (Wildman–Crippen LogP) is 1.09. The van der Waals surface area contributed by atoms with Crippen molar-refractivity contribution in [3.05, 3.63) is 58.5 Å². The van der Waals surface area contributed by atoms with Crippen LogP contribution in [0.4, 0.5) is 5.69 Å². The second-order valence-corrected chi connectivity index (χ2v) is 4.09. The Morgan fingerprint density at radius 2 is 1.86 bits per heavy atom. The molecule has 0 saturated carbocycles. The van der Waals surface area contributed by atoms with Crippen molar-refractivity contribution in [2.24, 2.45) is 0 Å². The van der Waals surface area contributed by atoms with Crippen molar-refractivity contribution in [3.8, 4) is 5.75 Å². The quantitative estimate of drug-likeness (QED) is 0.763. The van der Waals surface area contributed by atoms with Gasteiger partial charge in [-0.15, -0.1) is 0 Å². The molecule has 0 atom stereocenters. The first-order valence-corrected chi connectivity index (χ1v) is 6.00. The van der Waals surface area contributed by atoms with Gasteiger partial charge in [0.15, 0.2) is 6.61 Å². The fourth-order valence-corrected chi connectivity index (χ4v) is 1.56. The van der Waals surface area contributed by atoms with Crippen LogP contribution < -0.4 is 15.6 Å². The number of pyridine rings is 1. The van der Waals surface area contributed by atoms with Gasteiger partial charge in [0.2, 0.25) is 5.56 Å². The first-order chi connectivity index (χ1) is 10.0. The Labute approximate surface area is 119 Å². The summed E-state index contributed by atoms with van der Waals surface area (Å²) in [5.74, 6) is -1.14. The van der Waals surface area contributed by atoms with Crippen molar-refractivity contribution in [1.82, 2.24) is 4.98 Å². The van der Waals surface area contributed by atoms with Crippen molar-refractivity contribution >= 4 is 17.6 Å². The molecule has 2 aromatic rings. The normalized spacial score (nSPS) is 9.90. The molecule has 2 rings (SSSR count). The Morgan fingerprint density at radius 3 is 2.48 bits per heavy atom. The lowest BCUT2D eigenvalue weighted by atomic mass is 10.3. The molecule has 1 amide bonds. The van der Waals surface area contributed by atoms with E-state index in [2.05, 4.69) is 10.3 Å². The smallest absolute Gasteiger partial charge is 0.341 e. The molecule has 0 bridgehead atoms. The fraction of sp³-hybridized carbons (Fsp3) is 0.0714. The summed E-state index contributed by atoms with van der Waals surface area (Å²) in [6, 6.07) is 10.5. The lowest BCUT2D eigenvalue weighted by Gasteiger charge is -2.07. The number of ether oxygens (including phenoxy) is 1. The minimum Gasteiger partial charge on any atom is -0.482 e. The summed E-state index contributed by atoms with van der Waals surface area (Å²) in [5.41, 5.74) is 0.279. The van der Waals surface area contributed by atoms with Gasteiger partial charge in [0.05, 0.1) is 0 Å². The third-order valence-corrected chi connectivity index (χ3v) is 2.49. The first-order valence-electron chi connectivity index (χ1n) is 6.00. The molecule has 21 heavy (non-hydrogen) atoms. The number of carboxylic acids is 1. The molecule has 0 saturated heterocycles. The number of aliphatic carboxylic acids is 1. The van der Waals surface area contributed by atoms with Crippen LogP contribution in [0, 0.1) is 0 Å². The van der Waals surface area contributed by atoms with E-state index in [9.17, 15) is 14.4 Å². The van der Waals surface area contributed by atoms with E-state index in [-0.39, 0.29) is 11.3 Å². The number of aromatic amines is 1. The molecule has 0 aliphatic carbocycles. The van der Waals surface area contributed by atoms with Gasteiger partial charge in [-0.1, -0.05) is 6.07 Å². The zero-order chi connectivity index (χ0) is 15.2. The molecular formula is C14H12N2O5. The average molecular weight is 288 g/mol. The predicted molar refractivity (Wildman–Crippen MR) is 74.6 cm³/mol. The summed E-state index contributed by atoms with van der Waals surface area (Å²) in [4.78, 5) is 35.8. The van der Waals surface area contributed by atoms with Crippen LogP contribution in [0.1, 0.15) is 10.5 Å². The number of aromatic nitrogens is 1. The molecule has 0 aliphatic heterocycles. The Hall–Kier alpha value is -3.09. The van der Waals surface area contributed by atoms with E-state index >= 15 is 0 Å². The van der Waals surface area contributed by atoms with E-state index in [4.69, 9.17) is 9.84 Å². The summed E-state index contributed by atoms with van der Waals surface area (Å²) >= 11 is 0. The largest absolute Gasteiger partial charge is 0.482 e. The molecule has 0 fully saturated rings. The number of hydrogen-bond donors (Lipinski definition) is 3. The van der Waals surface area contributed by atoms with Crippen LogP contribution >= 0.6 is 0 Å². The van der Waals surface area contributed by atoms with E-state index in [0.717, 1.165) is 0 Å². The standard InChI is InChI=1S/C14H12N2O5/c17-12-3-1-2-11(16-12)14(20)15-9-4-6-10(7-5-9)21-8-13(18)19/h1-7H,8H2,(H,15,20)(H,16,17)(H,18,19). The molecule has 7 nitrogen and oxygen atoms in total. The Bertz CT molecular complexity index is 706. The summed E-state index contributed by atoms with van der Waals surface area (Å²) in [6.07, 6.45) is 0. The number of amides is 1. The van der Waals surface area contributed by atoms with Gasteiger partial charge in [0.25, 0.3) is 5.91 Å². The number of nitrogens with one attached hydrogen (secondary N) is 2. The molecule has 1 aromatic heterocycles. The minimum absolute atomic E-state index is 0.147. The van der Waals surface area contributed by atoms with Crippen molar-refractivity contribution in [2.45, 2.75) is 0 Å². The number of anilines is 1. The number of carbonyl (C=O) groups is 2. The summed E-state index contributed by atoms with van der Waals surface area (Å²) in [5, 5.41) is 11.1. The zero-order valence-corrected chi connectivity index (χ0v) is 10.8. The second kappa shape index (κ2) is 6.38. The maximum absolute atomic E-state index is 11.9. The molecule has 0 radical (unpaired) electrons. The molecule has 0 unspecified atom stereocenters. The minimum atomic E-state index is -1.07. The van der Waals surface area contributed by atoms with E-state index in [1.807, 2.05) is 0 Å². The molecule has 7 heteroatoms. The highest BCUT2D eigenvalue weighted by Crippen LogP contribution is 2.16. The molecule has 0 spiro atoms. The number of carbonyl (C=O) groups excluding carboxylic acids is 1. The lowest BCUT2D eigenvalue weighted by molar-refractivity contribution is -0.139. The molecule has 0 aliphatic rings. The number of hydrogen-bond acceptors (Lipinski definition) is 4. The number of rotatable bonds is 5. The van der Waals surface area contributed by atoms with Crippen LogP contribution in [-0.2, 0) is 4.79 Å². The number of H-pyrrole nitrogens is 1.